The lowest BCUT2D eigenvalue weighted by Crippen LogP contribution is -2.39. The highest BCUT2D eigenvalue weighted by molar-refractivity contribution is 9.09. The van der Waals surface area contributed by atoms with Crippen LogP contribution >= 0.6 is 15.9 Å². The van der Waals surface area contributed by atoms with Crippen LogP contribution in [0.4, 0.5) is 0 Å². The van der Waals surface area contributed by atoms with Crippen LogP contribution < -0.4 is 5.43 Å². The monoisotopic (exact) mass is 458 g/mol. The summed E-state index contributed by atoms with van der Waals surface area (Å²) in [7, 11) is 0. The van der Waals surface area contributed by atoms with E-state index in [4.69, 9.17) is 4.99 Å². The minimum atomic E-state index is -0.0760. The summed E-state index contributed by atoms with van der Waals surface area (Å²) >= 11 is 3.95. The Balaban J connectivity index is 1.62. The van der Waals surface area contributed by atoms with Gasteiger partial charge in [0.1, 0.15) is 0 Å². The van der Waals surface area contributed by atoms with Gasteiger partial charge in [0.2, 0.25) is 0 Å². The van der Waals surface area contributed by atoms with Crippen molar-refractivity contribution in [3.63, 3.8) is 0 Å². The fraction of sp³-hybridized carbons (Fsp3) is 0.200. The van der Waals surface area contributed by atoms with E-state index < -0.39 is 0 Å². The maximum Gasteiger partial charge on any atom is 0.150 e. The Bertz CT molecular complexity index is 1120. The van der Waals surface area contributed by atoms with Gasteiger partial charge in [0.15, 0.2) is 6.17 Å². The Morgan fingerprint density at radius 1 is 0.967 bits per heavy atom. The van der Waals surface area contributed by atoms with E-state index in [2.05, 4.69) is 93.7 Å². The summed E-state index contributed by atoms with van der Waals surface area (Å²) in [6, 6.07) is 23.2. The van der Waals surface area contributed by atoms with Crippen LogP contribution in [0.3, 0.4) is 0 Å². The Hall–Kier alpha value is -2.76. The second-order valence-electron chi connectivity index (χ2n) is 7.82. The second kappa shape index (κ2) is 7.82. The molecular formula is C25H23BrN4. The van der Waals surface area contributed by atoms with Gasteiger partial charge in [-0.3, -0.25) is 15.0 Å². The van der Waals surface area contributed by atoms with E-state index in [1.54, 1.807) is 0 Å². The van der Waals surface area contributed by atoms with Gasteiger partial charge in [-0.1, -0.05) is 76.1 Å². The predicted octanol–water partition coefficient (Wildman–Crippen LogP) is 5.19. The van der Waals surface area contributed by atoms with Crippen LogP contribution in [0.1, 0.15) is 34.0 Å². The van der Waals surface area contributed by atoms with E-state index in [9.17, 15) is 0 Å². The summed E-state index contributed by atoms with van der Waals surface area (Å²) in [4.78, 5) is 9.76. The number of fused-ring (bicyclic) bond motifs is 1. The number of rotatable bonds is 3. The van der Waals surface area contributed by atoms with Crippen molar-refractivity contribution in [3.05, 3.63) is 107 Å². The normalized spacial score (nSPS) is 23.0. The number of hydrazine groups is 1. The van der Waals surface area contributed by atoms with Gasteiger partial charge in [-0.25, -0.2) is 5.43 Å². The quantitative estimate of drug-likeness (QED) is 0.548. The predicted molar refractivity (Wildman–Crippen MR) is 125 cm³/mol. The lowest BCUT2D eigenvalue weighted by atomic mass is 9.99. The standard InChI is InChI=1S/C25H23BrN4/c1-16-11-12-19(17(2)14-16)22-15-21(20-10-6-7-13-27-20)28-25-23(26)24(29-30(22)25)18-8-4-3-5-9-18/h3-15,23-25,29H,1-2H3. The molecule has 2 aliphatic rings. The van der Waals surface area contributed by atoms with Crippen LogP contribution in [0.15, 0.2) is 84.0 Å². The molecule has 0 spiro atoms. The lowest BCUT2D eigenvalue weighted by Gasteiger charge is -2.32. The van der Waals surface area contributed by atoms with Crippen LogP contribution in [0.2, 0.25) is 0 Å². The van der Waals surface area contributed by atoms with Crippen molar-refractivity contribution < 1.29 is 0 Å². The van der Waals surface area contributed by atoms with Crippen LogP contribution in [0, 0.1) is 13.8 Å². The number of hydrogen-bond donors (Lipinski definition) is 1. The molecule has 2 aromatic carbocycles. The lowest BCUT2D eigenvalue weighted by molar-refractivity contribution is 0.287. The zero-order valence-electron chi connectivity index (χ0n) is 17.0. The van der Waals surface area contributed by atoms with Gasteiger partial charge in [-0.15, -0.1) is 0 Å². The fourth-order valence-corrected chi connectivity index (χ4v) is 4.99. The molecule has 5 rings (SSSR count). The van der Waals surface area contributed by atoms with Gasteiger partial charge in [0, 0.05) is 11.8 Å². The number of alkyl halides is 1. The van der Waals surface area contributed by atoms with Crippen molar-refractivity contribution in [2.75, 3.05) is 0 Å². The number of aliphatic imine (C=N–C) groups is 1. The zero-order valence-corrected chi connectivity index (χ0v) is 18.5. The minimum absolute atomic E-state index is 0.0760. The molecule has 1 N–H and O–H groups in total. The Kier molecular flexibility index (Phi) is 5.01. The molecule has 2 aliphatic heterocycles. The Morgan fingerprint density at radius 2 is 1.77 bits per heavy atom. The Labute approximate surface area is 185 Å². The smallest absolute Gasteiger partial charge is 0.150 e. The largest absolute Gasteiger partial charge is 0.282 e. The maximum atomic E-state index is 5.09. The van der Waals surface area contributed by atoms with Gasteiger partial charge in [0.05, 0.1) is 28.0 Å². The summed E-state index contributed by atoms with van der Waals surface area (Å²) in [5.74, 6) is 0. The number of nitrogens with zero attached hydrogens (tertiary/aromatic N) is 3. The number of halogens is 1. The number of nitrogens with one attached hydrogen (secondary N) is 1. The highest BCUT2D eigenvalue weighted by Gasteiger charge is 2.44. The van der Waals surface area contributed by atoms with Crippen molar-refractivity contribution in [1.29, 1.82) is 0 Å². The first-order valence-electron chi connectivity index (χ1n) is 10.1. The summed E-state index contributed by atoms with van der Waals surface area (Å²) in [5, 5.41) is 2.21. The second-order valence-corrected chi connectivity index (χ2v) is 8.88. The minimum Gasteiger partial charge on any atom is -0.282 e. The van der Waals surface area contributed by atoms with Crippen molar-refractivity contribution in [2.24, 2.45) is 4.99 Å². The molecule has 0 amide bonds. The average molecular weight is 459 g/mol. The van der Waals surface area contributed by atoms with Crippen LogP contribution in [-0.4, -0.2) is 26.7 Å². The van der Waals surface area contributed by atoms with Gasteiger partial charge in [0.25, 0.3) is 0 Å². The summed E-state index contributed by atoms with van der Waals surface area (Å²) in [6.45, 7) is 4.30. The van der Waals surface area contributed by atoms with Crippen LogP contribution in [0.25, 0.3) is 5.70 Å². The van der Waals surface area contributed by atoms with E-state index in [-0.39, 0.29) is 17.0 Å². The summed E-state index contributed by atoms with van der Waals surface area (Å²) in [6.07, 6.45) is 3.89. The van der Waals surface area contributed by atoms with E-state index in [0.29, 0.717) is 0 Å². The zero-order chi connectivity index (χ0) is 20.7. The maximum absolute atomic E-state index is 5.09. The molecule has 5 heteroatoms. The molecule has 1 saturated heterocycles. The topological polar surface area (TPSA) is 40.5 Å². The average Bonchev–Trinajstić information content (AvgIpc) is 3.11. The van der Waals surface area contributed by atoms with Gasteiger partial charge in [-0.2, -0.15) is 0 Å². The third-order valence-electron chi connectivity index (χ3n) is 5.69. The number of aromatic nitrogens is 1. The summed E-state index contributed by atoms with van der Waals surface area (Å²) in [5.41, 5.74) is 11.6. The molecule has 0 radical (unpaired) electrons. The molecule has 1 aromatic heterocycles. The molecule has 3 unspecified atom stereocenters. The summed E-state index contributed by atoms with van der Waals surface area (Å²) < 4.78 is 0. The molecule has 0 bridgehead atoms. The fourth-order valence-electron chi connectivity index (χ4n) is 4.21. The first-order valence-corrected chi connectivity index (χ1v) is 11.1. The highest BCUT2D eigenvalue weighted by Crippen LogP contribution is 2.41. The van der Waals surface area contributed by atoms with Crippen LogP contribution in [0.5, 0.6) is 0 Å². The van der Waals surface area contributed by atoms with E-state index >= 15 is 0 Å². The van der Waals surface area contributed by atoms with E-state index in [0.717, 1.165) is 17.1 Å². The number of allylic oxidation sites excluding steroid dienone is 1. The first kappa shape index (κ1) is 19.2. The number of aryl methyl sites for hydroxylation is 2. The number of hydrogen-bond acceptors (Lipinski definition) is 4. The van der Waals surface area contributed by atoms with Gasteiger partial charge < -0.3 is 0 Å². The van der Waals surface area contributed by atoms with Crippen LogP contribution in [-0.2, 0) is 0 Å². The third kappa shape index (κ3) is 3.38. The SMILES string of the molecule is Cc1ccc(C2=CC(c3ccccn3)=NC3C(Br)C(c4ccccc4)NN23)c(C)c1. The van der Waals surface area contributed by atoms with Crippen molar-refractivity contribution in [1.82, 2.24) is 15.4 Å². The molecule has 3 heterocycles. The molecular weight excluding hydrogens is 436 g/mol. The molecule has 0 aliphatic carbocycles. The van der Waals surface area contributed by atoms with Gasteiger partial charge in [-0.05, 0) is 43.2 Å². The van der Waals surface area contributed by atoms with Crippen molar-refractivity contribution in [3.8, 4) is 0 Å². The number of benzene rings is 2. The number of pyridine rings is 1. The molecule has 4 nitrogen and oxygen atoms in total. The highest BCUT2D eigenvalue weighted by atomic mass is 79.9. The van der Waals surface area contributed by atoms with E-state index in [1.165, 1.54) is 22.3 Å². The Morgan fingerprint density at radius 3 is 2.50 bits per heavy atom. The van der Waals surface area contributed by atoms with Crippen molar-refractivity contribution in [2.45, 2.75) is 30.9 Å². The molecule has 1 fully saturated rings. The third-order valence-corrected chi connectivity index (χ3v) is 6.70. The first-order chi connectivity index (χ1) is 14.6. The molecule has 3 atom stereocenters. The van der Waals surface area contributed by atoms with E-state index in [1.807, 2.05) is 30.5 Å². The molecule has 0 saturated carbocycles. The molecule has 3 aromatic rings. The van der Waals surface area contributed by atoms with Gasteiger partial charge >= 0.3 is 0 Å². The molecule has 30 heavy (non-hydrogen) atoms. The van der Waals surface area contributed by atoms with Crippen molar-refractivity contribution >= 4 is 27.3 Å². The molecule has 150 valence electrons.